The van der Waals surface area contributed by atoms with Gasteiger partial charge in [-0.05, 0) is 280 Å². The van der Waals surface area contributed by atoms with Gasteiger partial charge in [0.05, 0.1) is 0 Å². The molecule has 4 aliphatic rings. The van der Waals surface area contributed by atoms with Gasteiger partial charge in [0, 0.05) is 21.7 Å². The average molecular weight is 1780 g/mol. The minimum absolute atomic E-state index is 0.00209. The second-order valence-corrected chi connectivity index (χ2v) is 45.5. The number of aryl methyl sites for hydroxylation is 6. The van der Waals surface area contributed by atoms with Gasteiger partial charge in [0.15, 0.2) is 0 Å². The van der Waals surface area contributed by atoms with Crippen LogP contribution in [-0.2, 0) is 71.0 Å². The molecule has 6 atom stereocenters. The molecule has 704 valence electrons. The zero-order chi connectivity index (χ0) is 96.0. The third kappa shape index (κ3) is 23.6. The summed E-state index contributed by atoms with van der Waals surface area (Å²) in [5, 5.41) is 0. The molecule has 0 heteroatoms. The maximum atomic E-state index is 2.54. The van der Waals surface area contributed by atoms with Crippen molar-refractivity contribution < 1.29 is 0 Å². The van der Waals surface area contributed by atoms with Crippen LogP contribution >= 0.6 is 0 Å². The van der Waals surface area contributed by atoms with Crippen LogP contribution < -0.4 is 0 Å². The molecule has 0 nitrogen and oxygen atoms in total. The number of rotatable bonds is 23. The van der Waals surface area contributed by atoms with Crippen LogP contribution in [0.3, 0.4) is 0 Å². The highest BCUT2D eigenvalue weighted by Crippen LogP contribution is 2.59. The topological polar surface area (TPSA) is 0 Å². The fourth-order valence-electron chi connectivity index (χ4n) is 24.3. The minimum Gasteiger partial charge on any atom is -0.0622 e. The van der Waals surface area contributed by atoms with Gasteiger partial charge in [-0.15, -0.1) is 0 Å². The summed E-state index contributed by atoms with van der Waals surface area (Å²) in [5.41, 5.74) is 30.0. The summed E-state index contributed by atoms with van der Waals surface area (Å²) in [6.07, 6.45) is 30.3. The normalized spacial score (nSPS) is 19.8. The SMILES string of the molecule is Cc1ccccc1CC(C)(C)C1(C)CCCCC1.Cc1ccccc1C[C@](C)(c1ccccc1)C(C)(C)c1ccccc1.Cc1ccccc1C[C@](C)(c1ccccc1)C(C)(c1ccccc1)c1ccccc1.Cc1ccccc1C[C@](C)(c1ccccc1)C1(C)CCCCC1.Cc1ccccc1C[C@]1(C)CCCCC1(C)C.Cc1ccccc1C[C@]1(C)CCC[C@]1(C)c1ccccc1. The van der Waals surface area contributed by atoms with E-state index in [4.69, 9.17) is 0 Å². The largest absolute Gasteiger partial charge is 0.0622 e. The first-order valence-electron chi connectivity index (χ1n) is 51.7. The van der Waals surface area contributed by atoms with Crippen molar-refractivity contribution in [1.29, 1.82) is 0 Å². The summed E-state index contributed by atoms with van der Waals surface area (Å²) in [5.74, 6) is 0. The molecule has 13 aromatic rings. The Bertz CT molecular complexity index is 5680. The molecule has 4 aliphatic carbocycles. The molecule has 0 radical (unpaired) electrons. The van der Waals surface area contributed by atoms with E-state index in [2.05, 4.69) is 503 Å². The van der Waals surface area contributed by atoms with Crippen molar-refractivity contribution in [3.63, 3.8) is 0 Å². The van der Waals surface area contributed by atoms with Crippen molar-refractivity contribution in [1.82, 2.24) is 0 Å². The van der Waals surface area contributed by atoms with Gasteiger partial charge >= 0.3 is 0 Å². The van der Waals surface area contributed by atoms with Crippen molar-refractivity contribution >= 4 is 0 Å². The summed E-state index contributed by atoms with van der Waals surface area (Å²) in [6.45, 7) is 50.4. The zero-order valence-corrected chi connectivity index (χ0v) is 86.8. The van der Waals surface area contributed by atoms with Crippen LogP contribution in [0.15, 0.2) is 358 Å². The standard InChI is InChI=1S/C30H30.C25H28.C23H30.C21H26.C18H28.C17H26/c1-24-15-13-14-16-25(24)23-29(2,26-17-7-4-8-18-26)30(3,27-19-9-5-10-20-27)28-21-11-6-12-22-28;1-20-13-11-12-14-21(20)19-25(4,23-17-9-6-10-18-23)24(2,3)22-15-7-5-8-16-22;1-19-12-8-9-13-20(19)18-23(3,21-14-6-4-7-15-21)22(2)16-10-5-11-17-22;1-17-10-7-8-11-18(17)16-20(2)14-9-15-21(20,3)19-12-5-4-6-13-19;1-15-10-6-7-11-16(15)14-17(2,3)18(4)12-8-5-9-13-18;1-14-9-5-6-10-15(14)13-17(4)12-8-7-11-16(17,2)3/h4-22H,23H2,1-3H3;5-18H,19H2,1-4H3;4,6-9,12-15H,5,10-11,16-18H2,1-3H3;4-8,10-13H,9,14-16H2,1-3H3;6-7,10-11H,5,8-9,12-14H2,1-4H3;5-6,9-10H,7-8,11-13H2,1-4H3/t29-;25-;23-;20-,21+;;17-/m1110.0/s1. The van der Waals surface area contributed by atoms with Crippen molar-refractivity contribution in [3.8, 4) is 0 Å². The molecule has 0 aliphatic heterocycles. The lowest BCUT2D eigenvalue weighted by Crippen LogP contribution is -2.47. The van der Waals surface area contributed by atoms with Crippen LogP contribution in [0.25, 0.3) is 0 Å². The Morgan fingerprint density at radius 1 is 0.216 bits per heavy atom. The van der Waals surface area contributed by atoms with Crippen LogP contribution in [0.1, 0.15) is 319 Å². The van der Waals surface area contributed by atoms with Gasteiger partial charge in [-0.25, -0.2) is 0 Å². The Balaban J connectivity index is 0.000000146. The lowest BCUT2D eigenvalue weighted by molar-refractivity contribution is 0.0334. The van der Waals surface area contributed by atoms with Crippen LogP contribution in [0, 0.1) is 74.0 Å². The smallest absolute Gasteiger partial charge is 0.0271 e. The van der Waals surface area contributed by atoms with E-state index in [-0.39, 0.29) is 32.5 Å². The molecular formula is C134H168. The minimum atomic E-state index is -0.209. The summed E-state index contributed by atoms with van der Waals surface area (Å²) in [7, 11) is 0. The molecule has 0 bridgehead atoms. The van der Waals surface area contributed by atoms with Crippen LogP contribution in [0.4, 0.5) is 0 Å². The first-order valence-corrected chi connectivity index (χ1v) is 51.7. The monoisotopic (exact) mass is 1780 g/mol. The van der Waals surface area contributed by atoms with E-state index >= 15 is 0 Å². The van der Waals surface area contributed by atoms with Crippen LogP contribution in [-0.4, -0.2) is 0 Å². The molecule has 0 amide bonds. The van der Waals surface area contributed by atoms with E-state index in [1.807, 2.05) is 0 Å². The number of hydrogen-bond donors (Lipinski definition) is 0. The van der Waals surface area contributed by atoms with E-state index in [1.54, 1.807) is 5.56 Å². The first-order chi connectivity index (χ1) is 64.0. The number of hydrogen-bond acceptors (Lipinski definition) is 0. The Kier molecular flexibility index (Phi) is 34.7. The molecule has 4 saturated carbocycles. The van der Waals surface area contributed by atoms with Crippen LogP contribution in [0.5, 0.6) is 0 Å². The van der Waals surface area contributed by atoms with Crippen LogP contribution in [0.2, 0.25) is 0 Å². The maximum Gasteiger partial charge on any atom is 0.0271 e. The Morgan fingerprint density at radius 2 is 0.493 bits per heavy atom. The Hall–Kier alpha value is -10.1. The summed E-state index contributed by atoms with van der Waals surface area (Å²) < 4.78 is 0. The Morgan fingerprint density at radius 3 is 0.873 bits per heavy atom. The van der Waals surface area contributed by atoms with Gasteiger partial charge in [-0.2, -0.15) is 0 Å². The third-order valence-corrected chi connectivity index (χ3v) is 36.3. The zero-order valence-electron chi connectivity index (χ0n) is 86.8. The molecule has 0 aromatic heterocycles. The predicted octanol–water partition coefficient (Wildman–Crippen LogP) is 36.8. The van der Waals surface area contributed by atoms with E-state index in [0.717, 1.165) is 19.3 Å². The molecule has 0 N–H and O–H groups in total. The van der Waals surface area contributed by atoms with Gasteiger partial charge in [0.2, 0.25) is 0 Å². The molecule has 0 spiro atoms. The quantitative estimate of drug-likeness (QED) is 0.0599. The van der Waals surface area contributed by atoms with E-state index in [0.29, 0.717) is 32.5 Å². The highest BCUT2D eigenvalue weighted by molar-refractivity contribution is 5.51. The fourth-order valence-corrected chi connectivity index (χ4v) is 24.3. The van der Waals surface area contributed by atoms with Gasteiger partial charge in [0.25, 0.3) is 0 Å². The highest BCUT2D eigenvalue weighted by Gasteiger charge is 2.52. The second kappa shape index (κ2) is 45.2. The number of benzene rings is 13. The summed E-state index contributed by atoms with van der Waals surface area (Å²) >= 11 is 0. The van der Waals surface area contributed by atoms with E-state index in [1.165, 1.54) is 229 Å². The molecule has 13 aromatic carbocycles. The lowest BCUT2D eigenvalue weighted by atomic mass is 9.54. The Labute approximate surface area is 816 Å². The van der Waals surface area contributed by atoms with Gasteiger partial charge in [-0.3, -0.25) is 0 Å². The molecule has 0 saturated heterocycles. The molecule has 0 heterocycles. The molecule has 134 heavy (non-hydrogen) atoms. The average Bonchev–Trinajstić information content (AvgIpc) is 0.905. The predicted molar refractivity (Wildman–Crippen MR) is 582 cm³/mol. The van der Waals surface area contributed by atoms with Crippen molar-refractivity contribution in [3.05, 3.63) is 464 Å². The second-order valence-electron chi connectivity index (χ2n) is 45.5. The van der Waals surface area contributed by atoms with Gasteiger partial charge < -0.3 is 0 Å². The lowest BCUT2D eigenvalue weighted by Gasteiger charge is -2.50. The van der Waals surface area contributed by atoms with Gasteiger partial charge in [-0.1, -0.05) is 520 Å². The van der Waals surface area contributed by atoms with E-state index < -0.39 is 0 Å². The fraction of sp³-hybridized carbons (Fsp3) is 0.418. The van der Waals surface area contributed by atoms with Crippen molar-refractivity contribution in [2.24, 2.45) is 32.5 Å². The maximum absolute atomic E-state index is 2.54. The van der Waals surface area contributed by atoms with Gasteiger partial charge in [0.1, 0.15) is 0 Å². The van der Waals surface area contributed by atoms with Crippen molar-refractivity contribution in [2.45, 2.75) is 326 Å². The summed E-state index contributed by atoms with van der Waals surface area (Å²) in [4.78, 5) is 0. The first kappa shape index (κ1) is 103. The highest BCUT2D eigenvalue weighted by atomic mass is 14.6. The third-order valence-electron chi connectivity index (χ3n) is 36.3. The van der Waals surface area contributed by atoms with E-state index in [9.17, 15) is 0 Å². The molecule has 0 unspecified atom stereocenters. The molecular weight excluding hydrogens is 1610 g/mol. The van der Waals surface area contributed by atoms with Crippen molar-refractivity contribution in [2.75, 3.05) is 0 Å². The summed E-state index contributed by atoms with van der Waals surface area (Å²) in [6, 6.07) is 130. The molecule has 4 fully saturated rings. The molecule has 17 rings (SSSR count).